The number of hydrogen-bond acceptors (Lipinski definition) is 5. The molecule has 0 fully saturated rings. The average molecular weight is 618 g/mol. The number of ether oxygens (including phenoxy) is 1. The summed E-state index contributed by atoms with van der Waals surface area (Å²) in [7, 11) is -1.38. The summed E-state index contributed by atoms with van der Waals surface area (Å²) in [5.74, 6) is -1.24. The van der Waals surface area contributed by atoms with Gasteiger partial charge in [-0.1, -0.05) is 66.2 Å². The number of methoxy groups -OCH3 is 1. The Morgan fingerprint density at radius 1 is 0.864 bits per heavy atom. The van der Waals surface area contributed by atoms with Crippen molar-refractivity contribution < 1.29 is 27.1 Å². The number of benzene rings is 4. The lowest BCUT2D eigenvalue weighted by atomic mass is 10.0. The van der Waals surface area contributed by atoms with E-state index >= 15 is 0 Å². The third-order valence-corrected chi connectivity index (χ3v) is 9.05. The Hall–Kier alpha value is -4.70. The van der Waals surface area contributed by atoms with Crippen molar-refractivity contribution in [3.8, 4) is 5.75 Å². The van der Waals surface area contributed by atoms with Gasteiger partial charge in [0.15, 0.2) is 0 Å². The van der Waals surface area contributed by atoms with Gasteiger partial charge in [0.1, 0.15) is 24.2 Å². The average Bonchev–Trinajstić information content (AvgIpc) is 3.02. The van der Waals surface area contributed by atoms with Crippen LogP contribution in [0.1, 0.15) is 22.3 Å². The molecule has 0 unspecified atom stereocenters. The van der Waals surface area contributed by atoms with E-state index in [2.05, 4.69) is 5.32 Å². The van der Waals surface area contributed by atoms with Crippen molar-refractivity contribution in [1.82, 2.24) is 10.2 Å². The predicted molar refractivity (Wildman–Crippen MR) is 168 cm³/mol. The molecule has 0 radical (unpaired) electrons. The molecule has 0 aliphatic heterocycles. The van der Waals surface area contributed by atoms with E-state index in [1.54, 1.807) is 30.3 Å². The number of likely N-dealkylation sites (N-methyl/N-ethyl adjacent to an activating group) is 1. The van der Waals surface area contributed by atoms with Crippen LogP contribution in [0.2, 0.25) is 0 Å². The summed E-state index contributed by atoms with van der Waals surface area (Å²) in [6.07, 6.45) is 0.173. The number of anilines is 1. The van der Waals surface area contributed by atoms with Crippen molar-refractivity contribution in [2.75, 3.05) is 25.0 Å². The van der Waals surface area contributed by atoms with E-state index in [-0.39, 0.29) is 29.3 Å². The Morgan fingerprint density at radius 2 is 1.50 bits per heavy atom. The summed E-state index contributed by atoms with van der Waals surface area (Å²) in [5, 5.41) is 2.64. The highest BCUT2D eigenvalue weighted by molar-refractivity contribution is 7.92. The maximum atomic E-state index is 14.4. The maximum Gasteiger partial charge on any atom is 0.264 e. The number of carbonyl (C=O) groups is 2. The third-order valence-electron chi connectivity index (χ3n) is 7.27. The van der Waals surface area contributed by atoms with Gasteiger partial charge in [0.25, 0.3) is 10.0 Å². The molecule has 10 heteroatoms. The van der Waals surface area contributed by atoms with Crippen LogP contribution >= 0.6 is 0 Å². The molecule has 2 amide bonds. The summed E-state index contributed by atoms with van der Waals surface area (Å²) in [6.45, 7) is 2.97. The standard InChI is InChI=1S/C34H36FN3O5S/c1-24-10-17-29(18-11-24)44(41,42)38(30-20-25(2)12-19-32(30)43-4)23-33(39)37(22-27-13-15-28(35)16-14-27)31(34(40)36-3)21-26-8-6-5-7-9-26/h5-20,31H,21-23H2,1-4H3,(H,36,40)/t31-/m0/s1. The minimum Gasteiger partial charge on any atom is -0.495 e. The quantitative estimate of drug-likeness (QED) is 0.241. The van der Waals surface area contributed by atoms with E-state index in [1.807, 2.05) is 44.2 Å². The van der Waals surface area contributed by atoms with Crippen LogP contribution < -0.4 is 14.4 Å². The summed E-state index contributed by atoms with van der Waals surface area (Å²) in [4.78, 5) is 29.1. The van der Waals surface area contributed by atoms with Gasteiger partial charge in [-0.25, -0.2) is 12.8 Å². The van der Waals surface area contributed by atoms with E-state index in [0.29, 0.717) is 5.56 Å². The number of hydrogen-bond donors (Lipinski definition) is 1. The molecule has 4 aromatic carbocycles. The summed E-state index contributed by atoms with van der Waals surface area (Å²) < 4.78 is 48.7. The van der Waals surface area contributed by atoms with Gasteiger partial charge in [-0.2, -0.15) is 0 Å². The molecule has 0 saturated heterocycles. The lowest BCUT2D eigenvalue weighted by Crippen LogP contribution is -2.53. The zero-order valence-electron chi connectivity index (χ0n) is 25.2. The van der Waals surface area contributed by atoms with E-state index < -0.39 is 40.2 Å². The highest BCUT2D eigenvalue weighted by Gasteiger charge is 2.35. The molecule has 1 atom stereocenters. The summed E-state index contributed by atoms with van der Waals surface area (Å²) in [6, 6.07) is 25.2. The molecule has 4 rings (SSSR count). The van der Waals surface area contributed by atoms with Gasteiger partial charge < -0.3 is 15.0 Å². The first-order valence-corrected chi connectivity index (χ1v) is 15.5. The molecule has 0 aromatic heterocycles. The molecular weight excluding hydrogens is 581 g/mol. The minimum atomic E-state index is -4.28. The fraction of sp³-hybridized carbons (Fsp3) is 0.235. The van der Waals surface area contributed by atoms with Crippen molar-refractivity contribution in [3.63, 3.8) is 0 Å². The monoisotopic (exact) mass is 617 g/mol. The lowest BCUT2D eigenvalue weighted by Gasteiger charge is -2.34. The molecule has 0 bridgehead atoms. The molecular formula is C34H36FN3O5S. The van der Waals surface area contributed by atoms with Crippen molar-refractivity contribution in [2.24, 2.45) is 0 Å². The highest BCUT2D eigenvalue weighted by Crippen LogP contribution is 2.34. The smallest absolute Gasteiger partial charge is 0.264 e. The predicted octanol–water partition coefficient (Wildman–Crippen LogP) is 5.03. The number of amides is 2. The molecule has 230 valence electrons. The van der Waals surface area contributed by atoms with Crippen molar-refractivity contribution in [3.05, 3.63) is 125 Å². The molecule has 0 spiro atoms. The van der Waals surface area contributed by atoms with Crippen LogP contribution in [-0.4, -0.2) is 51.9 Å². The van der Waals surface area contributed by atoms with Crippen LogP contribution in [0, 0.1) is 19.7 Å². The second kappa shape index (κ2) is 14.2. The number of carbonyl (C=O) groups excluding carboxylic acids is 2. The Bertz CT molecular complexity index is 1700. The second-order valence-electron chi connectivity index (χ2n) is 10.5. The Labute approximate surface area is 258 Å². The largest absolute Gasteiger partial charge is 0.495 e. The highest BCUT2D eigenvalue weighted by atomic mass is 32.2. The molecule has 0 heterocycles. The Morgan fingerprint density at radius 3 is 2.11 bits per heavy atom. The van der Waals surface area contributed by atoms with Gasteiger partial charge in [0, 0.05) is 20.0 Å². The van der Waals surface area contributed by atoms with Crippen LogP contribution in [-0.2, 0) is 32.6 Å². The van der Waals surface area contributed by atoms with Crippen LogP contribution in [0.5, 0.6) is 5.75 Å². The van der Waals surface area contributed by atoms with Gasteiger partial charge in [-0.15, -0.1) is 0 Å². The van der Waals surface area contributed by atoms with Crippen molar-refractivity contribution in [2.45, 2.75) is 37.8 Å². The van der Waals surface area contributed by atoms with Gasteiger partial charge in [-0.3, -0.25) is 13.9 Å². The lowest BCUT2D eigenvalue weighted by molar-refractivity contribution is -0.139. The van der Waals surface area contributed by atoms with Crippen molar-refractivity contribution in [1.29, 1.82) is 0 Å². The molecule has 0 aliphatic rings. The minimum absolute atomic E-state index is 0.00307. The first-order valence-electron chi connectivity index (χ1n) is 14.1. The Balaban J connectivity index is 1.83. The topological polar surface area (TPSA) is 96.0 Å². The van der Waals surface area contributed by atoms with E-state index in [1.165, 1.54) is 55.5 Å². The SMILES string of the molecule is CNC(=O)[C@H](Cc1ccccc1)N(Cc1ccc(F)cc1)C(=O)CN(c1cc(C)ccc1OC)S(=O)(=O)c1ccc(C)cc1. The molecule has 0 saturated carbocycles. The van der Waals surface area contributed by atoms with Crippen LogP contribution in [0.25, 0.3) is 0 Å². The summed E-state index contributed by atoms with van der Waals surface area (Å²) >= 11 is 0. The number of nitrogens with zero attached hydrogens (tertiary/aromatic N) is 2. The van der Waals surface area contributed by atoms with E-state index in [9.17, 15) is 22.4 Å². The van der Waals surface area contributed by atoms with E-state index in [0.717, 1.165) is 21.0 Å². The first-order chi connectivity index (χ1) is 21.0. The number of rotatable bonds is 12. The summed E-state index contributed by atoms with van der Waals surface area (Å²) in [5.41, 5.74) is 3.19. The van der Waals surface area contributed by atoms with Gasteiger partial charge in [0.2, 0.25) is 11.8 Å². The molecule has 1 N–H and O–H groups in total. The molecule has 8 nitrogen and oxygen atoms in total. The third kappa shape index (κ3) is 7.62. The second-order valence-corrected chi connectivity index (χ2v) is 12.3. The number of sulfonamides is 1. The zero-order valence-corrected chi connectivity index (χ0v) is 26.0. The normalized spacial score (nSPS) is 11.8. The number of halogens is 1. The number of nitrogens with one attached hydrogen (secondary N) is 1. The first kappa shape index (κ1) is 32.2. The van der Waals surface area contributed by atoms with Gasteiger partial charge >= 0.3 is 0 Å². The fourth-order valence-corrected chi connectivity index (χ4v) is 6.27. The Kier molecular flexibility index (Phi) is 10.4. The maximum absolute atomic E-state index is 14.4. The van der Waals surface area contributed by atoms with E-state index in [4.69, 9.17) is 4.74 Å². The van der Waals surface area contributed by atoms with Crippen LogP contribution in [0.15, 0.2) is 102 Å². The molecule has 4 aromatic rings. The molecule has 0 aliphatic carbocycles. The fourth-order valence-electron chi connectivity index (χ4n) is 4.85. The molecule has 44 heavy (non-hydrogen) atoms. The van der Waals surface area contributed by atoms with Crippen molar-refractivity contribution >= 4 is 27.5 Å². The number of aryl methyl sites for hydroxylation is 2. The van der Waals surface area contributed by atoms with Gasteiger partial charge in [0.05, 0.1) is 17.7 Å². The van der Waals surface area contributed by atoms with Crippen LogP contribution in [0.4, 0.5) is 10.1 Å². The zero-order chi connectivity index (χ0) is 31.9. The van der Waals surface area contributed by atoms with Gasteiger partial charge in [-0.05, 0) is 66.9 Å². The van der Waals surface area contributed by atoms with Crippen LogP contribution in [0.3, 0.4) is 0 Å².